The van der Waals surface area contributed by atoms with Gasteiger partial charge in [-0.3, -0.25) is 9.20 Å². The van der Waals surface area contributed by atoms with Crippen molar-refractivity contribution in [1.82, 2.24) is 14.7 Å². The van der Waals surface area contributed by atoms with Crippen LogP contribution in [0.2, 0.25) is 5.02 Å². The Kier molecular flexibility index (Phi) is 6.88. The number of imidazole rings is 1. The minimum atomic E-state index is 0.0611. The van der Waals surface area contributed by atoms with Gasteiger partial charge < -0.3 is 10.2 Å². The molecule has 0 bridgehead atoms. The van der Waals surface area contributed by atoms with E-state index in [9.17, 15) is 4.79 Å². The van der Waals surface area contributed by atoms with Crippen molar-refractivity contribution in [2.75, 3.05) is 26.2 Å². The van der Waals surface area contributed by atoms with E-state index in [1.807, 2.05) is 40.2 Å². The van der Waals surface area contributed by atoms with Gasteiger partial charge in [0, 0.05) is 40.8 Å². The Labute approximate surface area is 169 Å². The number of nitrogens with one attached hydrogen (secondary N) is 2. The van der Waals surface area contributed by atoms with E-state index in [1.54, 1.807) is 16.2 Å². The number of carbonyl (C=O) groups is 1. The van der Waals surface area contributed by atoms with Gasteiger partial charge in [-0.15, -0.1) is 11.3 Å². The van der Waals surface area contributed by atoms with E-state index >= 15 is 0 Å². The van der Waals surface area contributed by atoms with Crippen LogP contribution < -0.4 is 10.2 Å². The lowest BCUT2D eigenvalue weighted by molar-refractivity contribution is -0.896. The second-order valence-electron chi connectivity index (χ2n) is 6.60. The van der Waals surface area contributed by atoms with E-state index in [2.05, 4.69) is 24.1 Å². The number of aromatic nitrogens is 2. The Morgan fingerprint density at radius 1 is 1.26 bits per heavy atom. The first-order chi connectivity index (χ1) is 13.1. The van der Waals surface area contributed by atoms with Gasteiger partial charge in [0.15, 0.2) is 4.96 Å². The summed E-state index contributed by atoms with van der Waals surface area (Å²) in [5.74, 6) is 0.0611. The molecule has 3 rings (SSSR count). The van der Waals surface area contributed by atoms with Gasteiger partial charge in [-0.25, -0.2) is 4.98 Å². The molecule has 0 saturated heterocycles. The molecule has 0 aliphatic rings. The maximum Gasteiger partial charge on any atom is 0.225 e. The van der Waals surface area contributed by atoms with Crippen molar-refractivity contribution in [3.63, 3.8) is 0 Å². The van der Waals surface area contributed by atoms with Gasteiger partial charge in [-0.2, -0.15) is 0 Å². The number of nitrogens with zero attached hydrogens (tertiary/aromatic N) is 2. The first kappa shape index (κ1) is 19.9. The molecule has 0 aliphatic heterocycles. The number of hydrogen-bond acceptors (Lipinski definition) is 3. The Morgan fingerprint density at radius 2 is 2.00 bits per heavy atom. The van der Waals surface area contributed by atoms with Crippen LogP contribution in [-0.2, 0) is 11.2 Å². The molecular weight excluding hydrogens is 380 g/mol. The van der Waals surface area contributed by atoms with Gasteiger partial charge in [0.05, 0.1) is 31.7 Å². The number of thiazole rings is 1. The number of rotatable bonds is 9. The molecule has 0 fully saturated rings. The second-order valence-corrected chi connectivity index (χ2v) is 7.87. The molecule has 27 heavy (non-hydrogen) atoms. The summed E-state index contributed by atoms with van der Waals surface area (Å²) < 4.78 is 2.01. The summed E-state index contributed by atoms with van der Waals surface area (Å²) in [4.78, 5) is 19.4. The number of fused-ring (bicyclic) bond motifs is 1. The predicted molar refractivity (Wildman–Crippen MR) is 112 cm³/mol. The van der Waals surface area contributed by atoms with Gasteiger partial charge in [-0.1, -0.05) is 23.7 Å². The lowest BCUT2D eigenvalue weighted by Crippen LogP contribution is -3.11. The Morgan fingerprint density at radius 3 is 2.70 bits per heavy atom. The monoisotopic (exact) mass is 405 g/mol. The fourth-order valence-electron chi connectivity index (χ4n) is 3.11. The summed E-state index contributed by atoms with van der Waals surface area (Å²) in [6.45, 7) is 8.49. The maximum atomic E-state index is 12.3. The summed E-state index contributed by atoms with van der Waals surface area (Å²) >= 11 is 7.51. The van der Waals surface area contributed by atoms with Gasteiger partial charge in [0.2, 0.25) is 5.91 Å². The normalized spacial score (nSPS) is 11.4. The molecule has 0 saturated carbocycles. The van der Waals surface area contributed by atoms with E-state index in [4.69, 9.17) is 11.6 Å². The minimum absolute atomic E-state index is 0.0611. The molecule has 0 aliphatic carbocycles. The number of halogens is 1. The van der Waals surface area contributed by atoms with Crippen molar-refractivity contribution < 1.29 is 9.69 Å². The van der Waals surface area contributed by atoms with E-state index in [-0.39, 0.29) is 5.91 Å². The number of carbonyl (C=O) groups excluding carboxylic acids is 1. The molecular formula is C20H26ClN4OS+. The molecule has 2 N–H and O–H groups in total. The fourth-order valence-corrected chi connectivity index (χ4v) is 4.11. The largest absolute Gasteiger partial charge is 0.356 e. The van der Waals surface area contributed by atoms with Gasteiger partial charge in [0.1, 0.15) is 0 Å². The number of hydrogen-bond donors (Lipinski definition) is 2. The van der Waals surface area contributed by atoms with E-state index in [1.165, 1.54) is 0 Å². The average molecular weight is 406 g/mol. The zero-order valence-electron chi connectivity index (χ0n) is 15.8. The molecule has 7 heteroatoms. The fraction of sp³-hybridized carbons (Fsp3) is 0.400. The smallest absolute Gasteiger partial charge is 0.225 e. The Hall–Kier alpha value is -1.89. The van der Waals surface area contributed by atoms with Crippen LogP contribution in [0.1, 0.15) is 26.0 Å². The Balaban J connectivity index is 1.58. The third kappa shape index (κ3) is 5.09. The predicted octanol–water partition coefficient (Wildman–Crippen LogP) is 2.69. The zero-order chi connectivity index (χ0) is 19.2. The molecule has 2 heterocycles. The molecule has 0 atom stereocenters. The van der Waals surface area contributed by atoms with Crippen LogP contribution in [0.5, 0.6) is 0 Å². The van der Waals surface area contributed by atoms with Crippen LogP contribution in [0.3, 0.4) is 0 Å². The highest BCUT2D eigenvalue weighted by atomic mass is 35.5. The molecule has 144 valence electrons. The summed E-state index contributed by atoms with van der Waals surface area (Å²) in [5, 5.41) is 5.75. The lowest BCUT2D eigenvalue weighted by atomic mass is 10.2. The first-order valence-electron chi connectivity index (χ1n) is 9.42. The van der Waals surface area contributed by atoms with E-state index in [0.717, 1.165) is 54.5 Å². The summed E-state index contributed by atoms with van der Waals surface area (Å²) in [7, 11) is 0. The standard InChI is InChI=1S/C20H25ClN4OS/c1-3-24(4-2)11-5-10-22-19(26)12-17-14-27-20-23-18(13-25(17)20)15-6-8-16(21)9-7-15/h6-9,13-14H,3-5,10-12H2,1-2H3,(H,22,26)/p+1. The van der Waals surface area contributed by atoms with Crippen molar-refractivity contribution in [3.8, 4) is 11.3 Å². The summed E-state index contributed by atoms with van der Waals surface area (Å²) in [6.07, 6.45) is 3.36. The quantitative estimate of drug-likeness (QED) is 0.538. The SMILES string of the molecule is CC[NH+](CC)CCCNC(=O)Cc1csc2nc(-c3ccc(Cl)cc3)cn12. The third-order valence-corrected chi connectivity index (χ3v) is 5.94. The van der Waals surface area contributed by atoms with Crippen LogP contribution in [0.15, 0.2) is 35.8 Å². The number of amides is 1. The molecule has 1 aromatic carbocycles. The van der Waals surface area contributed by atoms with Crippen LogP contribution in [0.25, 0.3) is 16.2 Å². The maximum absolute atomic E-state index is 12.3. The van der Waals surface area contributed by atoms with Crippen LogP contribution in [0.4, 0.5) is 0 Å². The average Bonchev–Trinajstić information content (AvgIpc) is 3.24. The first-order valence-corrected chi connectivity index (χ1v) is 10.7. The molecule has 5 nitrogen and oxygen atoms in total. The topological polar surface area (TPSA) is 50.8 Å². The highest BCUT2D eigenvalue weighted by Gasteiger charge is 2.12. The molecule has 2 aromatic heterocycles. The molecule has 0 spiro atoms. The van der Waals surface area contributed by atoms with Crippen molar-refractivity contribution in [3.05, 3.63) is 46.6 Å². The van der Waals surface area contributed by atoms with Crippen molar-refractivity contribution in [2.24, 2.45) is 0 Å². The molecule has 1 amide bonds. The van der Waals surface area contributed by atoms with E-state index < -0.39 is 0 Å². The lowest BCUT2D eigenvalue weighted by Gasteiger charge is -2.15. The summed E-state index contributed by atoms with van der Waals surface area (Å²) in [6, 6.07) is 7.63. The highest BCUT2D eigenvalue weighted by molar-refractivity contribution is 7.15. The van der Waals surface area contributed by atoms with Gasteiger partial charge in [0.25, 0.3) is 0 Å². The van der Waals surface area contributed by atoms with Gasteiger partial charge >= 0.3 is 0 Å². The molecule has 0 unspecified atom stereocenters. The third-order valence-electron chi connectivity index (χ3n) is 4.79. The zero-order valence-corrected chi connectivity index (χ0v) is 17.4. The second kappa shape index (κ2) is 9.35. The van der Waals surface area contributed by atoms with E-state index in [0.29, 0.717) is 11.4 Å². The minimum Gasteiger partial charge on any atom is -0.356 e. The molecule has 0 radical (unpaired) electrons. The van der Waals surface area contributed by atoms with Crippen molar-refractivity contribution in [2.45, 2.75) is 26.7 Å². The number of benzene rings is 1. The van der Waals surface area contributed by atoms with Crippen molar-refractivity contribution >= 4 is 33.8 Å². The van der Waals surface area contributed by atoms with Crippen molar-refractivity contribution in [1.29, 1.82) is 0 Å². The summed E-state index contributed by atoms with van der Waals surface area (Å²) in [5.41, 5.74) is 2.88. The van der Waals surface area contributed by atoms with Crippen LogP contribution in [-0.4, -0.2) is 41.5 Å². The van der Waals surface area contributed by atoms with Crippen LogP contribution in [0, 0.1) is 0 Å². The van der Waals surface area contributed by atoms with Crippen LogP contribution >= 0.6 is 22.9 Å². The Bertz CT molecular complexity index is 883. The highest BCUT2D eigenvalue weighted by Crippen LogP contribution is 2.25. The van der Waals surface area contributed by atoms with Gasteiger partial charge in [-0.05, 0) is 26.0 Å². The number of quaternary nitrogens is 1. The molecule has 3 aromatic rings.